The van der Waals surface area contributed by atoms with Gasteiger partial charge in [0.15, 0.2) is 0 Å². The van der Waals surface area contributed by atoms with Gasteiger partial charge in [-0.3, -0.25) is 0 Å². The fraction of sp³-hybridized carbons (Fsp3) is 0.600. The van der Waals surface area contributed by atoms with E-state index in [9.17, 15) is 8.42 Å². The number of rotatable bonds is 6. The van der Waals surface area contributed by atoms with Crippen LogP contribution >= 0.6 is 15.9 Å². The van der Waals surface area contributed by atoms with Crippen LogP contribution in [-0.4, -0.2) is 53.9 Å². The zero-order chi connectivity index (χ0) is 17.1. The van der Waals surface area contributed by atoms with Crippen LogP contribution in [0.2, 0.25) is 0 Å². The molecule has 1 aliphatic rings. The first-order valence-electron chi connectivity index (χ1n) is 7.52. The van der Waals surface area contributed by atoms with Crippen molar-refractivity contribution in [2.45, 2.75) is 24.3 Å². The van der Waals surface area contributed by atoms with E-state index in [1.165, 1.54) is 12.0 Å². The second kappa shape index (κ2) is 7.48. The molecule has 23 heavy (non-hydrogen) atoms. The molecule has 1 saturated heterocycles. The standard InChI is InChI=1S/C15H23BrN2O4S/c1-15(2,18-6-8-22-9-7-18)11-17-23(19,20)14-10-12(16)4-5-13(14)21-3/h4-5,10,17H,6-9,11H2,1-3H3/p+1. The molecule has 8 heteroatoms. The summed E-state index contributed by atoms with van der Waals surface area (Å²) in [6, 6.07) is 4.94. The summed E-state index contributed by atoms with van der Waals surface area (Å²) < 4.78 is 39.3. The van der Waals surface area contributed by atoms with Gasteiger partial charge in [-0.1, -0.05) is 15.9 Å². The molecular weight excluding hydrogens is 384 g/mol. The molecule has 1 aliphatic heterocycles. The fourth-order valence-electron chi connectivity index (χ4n) is 2.63. The molecular formula is C15H24BrN2O4S+. The first kappa shape index (κ1) is 18.7. The Morgan fingerprint density at radius 2 is 2.00 bits per heavy atom. The zero-order valence-corrected chi connectivity index (χ0v) is 16.1. The molecule has 0 aliphatic carbocycles. The molecule has 0 unspecified atom stereocenters. The van der Waals surface area contributed by atoms with Gasteiger partial charge in [0.1, 0.15) is 29.3 Å². The third kappa shape index (κ3) is 4.67. The molecule has 0 saturated carbocycles. The van der Waals surface area contributed by atoms with Crippen LogP contribution in [0.5, 0.6) is 5.75 Å². The zero-order valence-electron chi connectivity index (χ0n) is 13.7. The number of methoxy groups -OCH3 is 1. The van der Waals surface area contributed by atoms with E-state index in [0.717, 1.165) is 13.1 Å². The van der Waals surface area contributed by atoms with Gasteiger partial charge in [0.25, 0.3) is 0 Å². The fourth-order valence-corrected chi connectivity index (χ4v) is 4.55. The maximum absolute atomic E-state index is 12.6. The van der Waals surface area contributed by atoms with E-state index in [-0.39, 0.29) is 10.4 Å². The minimum absolute atomic E-state index is 0.141. The van der Waals surface area contributed by atoms with Crippen LogP contribution in [0.3, 0.4) is 0 Å². The average Bonchev–Trinajstić information content (AvgIpc) is 2.54. The lowest BCUT2D eigenvalue weighted by molar-refractivity contribution is -0.954. The highest BCUT2D eigenvalue weighted by molar-refractivity contribution is 9.10. The lowest BCUT2D eigenvalue weighted by Gasteiger charge is -2.37. The van der Waals surface area contributed by atoms with Crippen LogP contribution in [-0.2, 0) is 14.8 Å². The first-order valence-corrected chi connectivity index (χ1v) is 9.80. The summed E-state index contributed by atoms with van der Waals surface area (Å²) in [5, 5.41) is 0. The van der Waals surface area contributed by atoms with Crippen molar-refractivity contribution in [2.75, 3.05) is 40.0 Å². The maximum Gasteiger partial charge on any atom is 0.244 e. The molecule has 0 amide bonds. The van der Waals surface area contributed by atoms with E-state index in [1.54, 1.807) is 18.2 Å². The van der Waals surface area contributed by atoms with Gasteiger partial charge in [0.2, 0.25) is 10.0 Å². The average molecular weight is 408 g/mol. The highest BCUT2D eigenvalue weighted by Crippen LogP contribution is 2.27. The van der Waals surface area contributed by atoms with Crippen molar-refractivity contribution in [3.05, 3.63) is 22.7 Å². The van der Waals surface area contributed by atoms with Gasteiger partial charge >= 0.3 is 0 Å². The van der Waals surface area contributed by atoms with Crippen molar-refractivity contribution in [2.24, 2.45) is 0 Å². The van der Waals surface area contributed by atoms with Crippen molar-refractivity contribution in [1.82, 2.24) is 4.72 Å². The highest BCUT2D eigenvalue weighted by Gasteiger charge is 2.34. The van der Waals surface area contributed by atoms with Gasteiger partial charge in [0, 0.05) is 4.47 Å². The smallest absolute Gasteiger partial charge is 0.244 e. The second-order valence-corrected chi connectivity index (χ2v) is 8.87. The largest absolute Gasteiger partial charge is 0.495 e. The third-order valence-electron chi connectivity index (χ3n) is 4.17. The molecule has 1 aromatic rings. The summed E-state index contributed by atoms with van der Waals surface area (Å²) in [7, 11) is -2.18. The van der Waals surface area contributed by atoms with Crippen molar-refractivity contribution in [1.29, 1.82) is 0 Å². The number of quaternary nitrogens is 1. The van der Waals surface area contributed by atoms with Gasteiger partial charge < -0.3 is 14.4 Å². The topological polar surface area (TPSA) is 69.1 Å². The third-order valence-corrected chi connectivity index (χ3v) is 6.09. The van der Waals surface area contributed by atoms with Gasteiger partial charge in [0.05, 0.1) is 26.9 Å². The van der Waals surface area contributed by atoms with Crippen LogP contribution < -0.4 is 14.4 Å². The van der Waals surface area contributed by atoms with Crippen LogP contribution in [0.4, 0.5) is 0 Å². The van der Waals surface area contributed by atoms with Gasteiger partial charge in [-0.15, -0.1) is 0 Å². The van der Waals surface area contributed by atoms with Crippen LogP contribution in [0.25, 0.3) is 0 Å². The van der Waals surface area contributed by atoms with E-state index in [0.29, 0.717) is 30.0 Å². The van der Waals surface area contributed by atoms with Gasteiger partial charge in [-0.25, -0.2) is 13.1 Å². The molecule has 0 atom stereocenters. The number of hydrogen-bond acceptors (Lipinski definition) is 4. The molecule has 2 N–H and O–H groups in total. The Morgan fingerprint density at radius 3 is 2.61 bits per heavy atom. The summed E-state index contributed by atoms with van der Waals surface area (Å²) in [6.45, 7) is 7.67. The molecule has 1 aromatic carbocycles. The van der Waals surface area contributed by atoms with Crippen LogP contribution in [0.15, 0.2) is 27.6 Å². The highest BCUT2D eigenvalue weighted by atomic mass is 79.9. The first-order chi connectivity index (χ1) is 10.8. The van der Waals surface area contributed by atoms with E-state index in [2.05, 4.69) is 34.5 Å². The van der Waals surface area contributed by atoms with Crippen molar-refractivity contribution < 1.29 is 22.8 Å². The van der Waals surface area contributed by atoms with Crippen molar-refractivity contribution in [3.8, 4) is 5.75 Å². The Hall–Kier alpha value is -0.670. The number of halogens is 1. The number of morpholine rings is 1. The minimum Gasteiger partial charge on any atom is -0.495 e. The molecule has 0 spiro atoms. The molecule has 0 radical (unpaired) electrons. The van der Waals surface area contributed by atoms with Crippen LogP contribution in [0.1, 0.15) is 13.8 Å². The van der Waals surface area contributed by atoms with Crippen molar-refractivity contribution >= 4 is 26.0 Å². The Kier molecular flexibility index (Phi) is 6.07. The number of sulfonamides is 1. The monoisotopic (exact) mass is 407 g/mol. The number of benzene rings is 1. The SMILES string of the molecule is COc1ccc(Br)cc1S(=O)(=O)NCC(C)(C)[NH+]1CCOCC1. The normalized spacial score (nSPS) is 17.2. The number of hydrogen-bond donors (Lipinski definition) is 2. The van der Waals surface area contributed by atoms with Gasteiger partial charge in [-0.2, -0.15) is 0 Å². The van der Waals surface area contributed by atoms with Crippen LogP contribution in [0, 0.1) is 0 Å². The number of nitrogens with one attached hydrogen (secondary N) is 2. The summed E-state index contributed by atoms with van der Waals surface area (Å²) >= 11 is 3.31. The Morgan fingerprint density at radius 1 is 1.35 bits per heavy atom. The predicted octanol–water partition coefficient (Wildman–Crippen LogP) is 0.430. The Bertz CT molecular complexity index is 643. The summed E-state index contributed by atoms with van der Waals surface area (Å²) in [4.78, 5) is 1.48. The molecule has 1 fully saturated rings. The molecule has 6 nitrogen and oxygen atoms in total. The maximum atomic E-state index is 12.6. The molecule has 2 rings (SSSR count). The second-order valence-electron chi connectivity index (χ2n) is 6.22. The summed E-state index contributed by atoms with van der Waals surface area (Å²) in [6.07, 6.45) is 0. The molecule has 0 bridgehead atoms. The molecule has 1 heterocycles. The minimum atomic E-state index is -3.65. The van der Waals surface area contributed by atoms with E-state index < -0.39 is 10.0 Å². The summed E-state index contributed by atoms with van der Waals surface area (Å²) in [5.41, 5.74) is -0.212. The lowest BCUT2D eigenvalue weighted by Crippen LogP contribution is -3.22. The van der Waals surface area contributed by atoms with Gasteiger partial charge in [-0.05, 0) is 32.0 Å². The summed E-state index contributed by atoms with van der Waals surface area (Å²) in [5.74, 6) is 0.331. The Labute approximate surface area is 146 Å². The Balaban J connectivity index is 2.13. The van der Waals surface area contributed by atoms with Crippen molar-refractivity contribution in [3.63, 3.8) is 0 Å². The predicted molar refractivity (Wildman–Crippen MR) is 91.5 cm³/mol. The van der Waals surface area contributed by atoms with E-state index in [1.807, 2.05) is 0 Å². The van der Waals surface area contributed by atoms with E-state index in [4.69, 9.17) is 9.47 Å². The molecule has 130 valence electrons. The lowest BCUT2D eigenvalue weighted by atomic mass is 10.0. The molecule has 0 aromatic heterocycles. The quantitative estimate of drug-likeness (QED) is 0.717. The number of ether oxygens (including phenoxy) is 2. The van der Waals surface area contributed by atoms with E-state index >= 15 is 0 Å².